The Morgan fingerprint density at radius 2 is 1.83 bits per heavy atom. The second kappa shape index (κ2) is 9.57. The van der Waals surface area contributed by atoms with Gasteiger partial charge >= 0.3 is 0 Å². The fourth-order valence-electron chi connectivity index (χ4n) is 2.09. The maximum atomic E-state index is 12.0. The molecule has 5 heteroatoms. The van der Waals surface area contributed by atoms with Crippen molar-refractivity contribution in [1.82, 2.24) is 5.32 Å². The largest absolute Gasteiger partial charge is 0.497 e. The van der Waals surface area contributed by atoms with Crippen molar-refractivity contribution < 1.29 is 19.0 Å². The molecule has 1 N–H and O–H groups in total. The molecule has 0 heterocycles. The smallest absolute Gasteiger partial charge is 0.260 e. The number of carbonyl (C=O) groups is 1. The van der Waals surface area contributed by atoms with Crippen molar-refractivity contribution in [1.29, 1.82) is 0 Å². The lowest BCUT2D eigenvalue weighted by molar-refractivity contribution is -0.127. The molecule has 5 nitrogen and oxygen atoms in total. The van der Waals surface area contributed by atoms with Crippen LogP contribution in [0, 0.1) is 0 Å². The number of carbonyl (C=O) groups excluding carboxylic acids is 1. The minimum absolute atomic E-state index is 0.180. The summed E-state index contributed by atoms with van der Waals surface area (Å²) in [4.78, 5) is 12.0. The van der Waals surface area contributed by atoms with Crippen molar-refractivity contribution >= 4 is 5.91 Å². The first-order valence-corrected chi connectivity index (χ1v) is 7.89. The number of nitrogens with one attached hydrogen (secondary N) is 1. The summed E-state index contributed by atoms with van der Waals surface area (Å²) in [6, 6.07) is 17.1. The summed E-state index contributed by atoms with van der Waals surface area (Å²) in [6.07, 6.45) is -0.591. The number of hydrogen-bond acceptors (Lipinski definition) is 4. The van der Waals surface area contributed by atoms with Crippen molar-refractivity contribution in [3.05, 3.63) is 60.2 Å². The first kappa shape index (κ1) is 17.8. The highest BCUT2D eigenvalue weighted by molar-refractivity contribution is 5.80. The Kier molecular flexibility index (Phi) is 7.11. The molecule has 0 aliphatic heterocycles. The van der Waals surface area contributed by atoms with E-state index >= 15 is 0 Å². The first-order chi connectivity index (χ1) is 11.7. The van der Waals surface area contributed by atoms with Gasteiger partial charge in [0.05, 0.1) is 20.3 Å². The zero-order valence-corrected chi connectivity index (χ0v) is 14.0. The standard InChI is InChI=1S/C19H23NO4/c1-15(24-18-10-6-9-17(13-18)22-2)19(21)20-11-12-23-14-16-7-4-3-5-8-16/h3-10,13,15H,11-12,14H2,1-2H3,(H,20,21)/t15-/m0/s1. The molecule has 2 rings (SSSR count). The second-order valence-corrected chi connectivity index (χ2v) is 5.27. The first-order valence-electron chi connectivity index (χ1n) is 7.89. The lowest BCUT2D eigenvalue weighted by atomic mass is 10.2. The third kappa shape index (κ3) is 5.93. The lowest BCUT2D eigenvalue weighted by Gasteiger charge is -2.15. The molecule has 1 amide bonds. The Balaban J connectivity index is 1.66. The van der Waals surface area contributed by atoms with Gasteiger partial charge in [0, 0.05) is 12.6 Å². The Morgan fingerprint density at radius 3 is 2.58 bits per heavy atom. The summed E-state index contributed by atoms with van der Waals surface area (Å²) < 4.78 is 16.3. The molecule has 2 aromatic carbocycles. The van der Waals surface area contributed by atoms with E-state index in [1.165, 1.54) is 0 Å². The lowest BCUT2D eigenvalue weighted by Crippen LogP contribution is -2.38. The third-order valence-corrected chi connectivity index (χ3v) is 3.38. The quantitative estimate of drug-likeness (QED) is 0.719. The van der Waals surface area contributed by atoms with Crippen LogP contribution in [0.3, 0.4) is 0 Å². The highest BCUT2D eigenvalue weighted by Gasteiger charge is 2.14. The van der Waals surface area contributed by atoms with E-state index in [4.69, 9.17) is 14.2 Å². The summed E-state index contributed by atoms with van der Waals surface area (Å²) in [5.74, 6) is 1.10. The Hall–Kier alpha value is -2.53. The van der Waals surface area contributed by atoms with Gasteiger partial charge in [-0.2, -0.15) is 0 Å². The molecule has 0 aliphatic carbocycles. The van der Waals surface area contributed by atoms with Gasteiger partial charge in [0.1, 0.15) is 11.5 Å². The van der Waals surface area contributed by atoms with E-state index in [9.17, 15) is 4.79 Å². The van der Waals surface area contributed by atoms with Crippen molar-refractivity contribution in [2.75, 3.05) is 20.3 Å². The molecule has 0 saturated heterocycles. The van der Waals surface area contributed by atoms with Gasteiger partial charge in [-0.05, 0) is 24.6 Å². The predicted octanol–water partition coefficient (Wildman–Crippen LogP) is 2.80. The predicted molar refractivity (Wildman–Crippen MR) is 92.2 cm³/mol. The van der Waals surface area contributed by atoms with Crippen molar-refractivity contribution in [2.24, 2.45) is 0 Å². The normalized spacial score (nSPS) is 11.6. The van der Waals surface area contributed by atoms with Crippen LogP contribution in [-0.2, 0) is 16.1 Å². The molecule has 0 aromatic heterocycles. The van der Waals surface area contributed by atoms with Gasteiger partial charge < -0.3 is 19.5 Å². The van der Waals surface area contributed by atoms with E-state index in [-0.39, 0.29) is 5.91 Å². The minimum atomic E-state index is -0.591. The molecule has 1 atom stereocenters. The van der Waals surface area contributed by atoms with Crippen molar-refractivity contribution in [2.45, 2.75) is 19.6 Å². The van der Waals surface area contributed by atoms with Gasteiger partial charge in [0.15, 0.2) is 6.10 Å². The van der Waals surface area contributed by atoms with Crippen LogP contribution in [0.4, 0.5) is 0 Å². The highest BCUT2D eigenvalue weighted by atomic mass is 16.5. The average molecular weight is 329 g/mol. The number of ether oxygens (including phenoxy) is 3. The number of benzene rings is 2. The fourth-order valence-corrected chi connectivity index (χ4v) is 2.09. The Labute approximate surface area is 142 Å². The van der Waals surface area contributed by atoms with E-state index in [0.717, 1.165) is 5.56 Å². The maximum absolute atomic E-state index is 12.0. The summed E-state index contributed by atoms with van der Waals surface area (Å²) in [7, 11) is 1.59. The van der Waals surface area contributed by atoms with Crippen LogP contribution in [0.25, 0.3) is 0 Å². The highest BCUT2D eigenvalue weighted by Crippen LogP contribution is 2.19. The van der Waals surface area contributed by atoms with Gasteiger partial charge in [0.25, 0.3) is 5.91 Å². The third-order valence-electron chi connectivity index (χ3n) is 3.38. The van der Waals surface area contributed by atoms with Gasteiger partial charge in [-0.1, -0.05) is 36.4 Å². The van der Waals surface area contributed by atoms with Crippen LogP contribution in [0.15, 0.2) is 54.6 Å². The molecule has 0 fully saturated rings. The number of rotatable bonds is 9. The van der Waals surface area contributed by atoms with Crippen molar-refractivity contribution in [3.8, 4) is 11.5 Å². The van der Waals surface area contributed by atoms with E-state index in [2.05, 4.69) is 5.32 Å². The molecule has 24 heavy (non-hydrogen) atoms. The molecule has 0 unspecified atom stereocenters. The van der Waals surface area contributed by atoms with Crippen molar-refractivity contribution in [3.63, 3.8) is 0 Å². The Morgan fingerprint density at radius 1 is 1.08 bits per heavy atom. The minimum Gasteiger partial charge on any atom is -0.497 e. The molecular formula is C19H23NO4. The van der Waals surface area contributed by atoms with Crippen LogP contribution in [-0.4, -0.2) is 32.3 Å². The zero-order chi connectivity index (χ0) is 17.2. The SMILES string of the molecule is COc1cccc(O[C@@H](C)C(=O)NCCOCc2ccccc2)c1. The topological polar surface area (TPSA) is 56.8 Å². The van der Waals surface area contributed by atoms with E-state index in [0.29, 0.717) is 31.3 Å². The second-order valence-electron chi connectivity index (χ2n) is 5.27. The van der Waals surface area contributed by atoms with Crippen LogP contribution >= 0.6 is 0 Å². The molecular weight excluding hydrogens is 306 g/mol. The summed E-state index contributed by atoms with van der Waals surface area (Å²) in [5, 5.41) is 2.80. The zero-order valence-electron chi connectivity index (χ0n) is 14.0. The summed E-state index contributed by atoms with van der Waals surface area (Å²) in [6.45, 7) is 3.14. The molecule has 2 aromatic rings. The van der Waals surface area contributed by atoms with Gasteiger partial charge in [-0.3, -0.25) is 4.79 Å². The van der Waals surface area contributed by atoms with Crippen LogP contribution in [0.5, 0.6) is 11.5 Å². The molecule has 0 spiro atoms. The van der Waals surface area contributed by atoms with Gasteiger partial charge in [-0.15, -0.1) is 0 Å². The average Bonchev–Trinajstić information content (AvgIpc) is 2.62. The summed E-state index contributed by atoms with van der Waals surface area (Å²) >= 11 is 0. The molecule has 0 radical (unpaired) electrons. The summed E-state index contributed by atoms with van der Waals surface area (Å²) in [5.41, 5.74) is 1.11. The fraction of sp³-hybridized carbons (Fsp3) is 0.316. The van der Waals surface area contributed by atoms with Gasteiger partial charge in [0.2, 0.25) is 0 Å². The van der Waals surface area contributed by atoms with Crippen LogP contribution in [0.1, 0.15) is 12.5 Å². The molecule has 0 saturated carbocycles. The van der Waals surface area contributed by atoms with E-state index < -0.39 is 6.10 Å². The maximum Gasteiger partial charge on any atom is 0.260 e. The molecule has 0 aliphatic rings. The monoisotopic (exact) mass is 329 g/mol. The van der Waals surface area contributed by atoms with Crippen LogP contribution < -0.4 is 14.8 Å². The number of hydrogen-bond donors (Lipinski definition) is 1. The molecule has 0 bridgehead atoms. The number of amides is 1. The van der Waals surface area contributed by atoms with Crippen LogP contribution in [0.2, 0.25) is 0 Å². The molecule has 128 valence electrons. The number of methoxy groups -OCH3 is 1. The van der Waals surface area contributed by atoms with E-state index in [1.54, 1.807) is 26.2 Å². The van der Waals surface area contributed by atoms with E-state index in [1.807, 2.05) is 42.5 Å². The Bertz CT molecular complexity index is 630. The van der Waals surface area contributed by atoms with Gasteiger partial charge in [-0.25, -0.2) is 0 Å².